The molecule has 46 heavy (non-hydrogen) atoms. The first-order valence-electron chi connectivity index (χ1n) is 17.2. The Morgan fingerprint density at radius 3 is 2.20 bits per heavy atom. The van der Waals surface area contributed by atoms with E-state index >= 15 is 0 Å². The lowest BCUT2D eigenvalue weighted by Crippen LogP contribution is -2.56. The van der Waals surface area contributed by atoms with Crippen molar-refractivity contribution in [3.8, 4) is 5.75 Å². The van der Waals surface area contributed by atoms with E-state index in [1.807, 2.05) is 18.2 Å². The molecular weight excluding hydrogens is 580 g/mol. The number of nitrogens with one attached hydrogen (secondary N) is 1. The maximum Gasteiger partial charge on any atom is 0.303 e. The molecule has 2 aromatic carbocycles. The quantitative estimate of drug-likeness (QED) is 0.252. The van der Waals surface area contributed by atoms with Crippen LogP contribution in [0.25, 0.3) is 0 Å². The van der Waals surface area contributed by atoms with Crippen molar-refractivity contribution >= 4 is 29.4 Å². The zero-order valence-corrected chi connectivity index (χ0v) is 27.3. The van der Waals surface area contributed by atoms with Crippen molar-refractivity contribution < 1.29 is 29.4 Å². The van der Waals surface area contributed by atoms with Gasteiger partial charge in [0.05, 0.1) is 5.41 Å². The van der Waals surface area contributed by atoms with Crippen LogP contribution in [0.3, 0.4) is 0 Å². The first-order chi connectivity index (χ1) is 21.8. The van der Waals surface area contributed by atoms with Crippen molar-refractivity contribution in [3.63, 3.8) is 0 Å². The normalized spacial score (nSPS) is 34.2. The van der Waals surface area contributed by atoms with Gasteiger partial charge in [-0.15, -0.1) is 0 Å². The molecule has 4 aliphatic carbocycles. The molecule has 7 rings (SSSR count). The number of hydrogen-bond donors (Lipinski definition) is 3. The minimum Gasteiger partial charge on any atom is -0.508 e. The highest BCUT2D eigenvalue weighted by Crippen LogP contribution is 2.65. The Labute approximate surface area is 270 Å². The highest BCUT2D eigenvalue weighted by Gasteiger charge is 2.75. The van der Waals surface area contributed by atoms with Crippen molar-refractivity contribution in [1.29, 1.82) is 0 Å². The van der Waals surface area contributed by atoms with Gasteiger partial charge < -0.3 is 15.5 Å². The summed E-state index contributed by atoms with van der Waals surface area (Å²) in [6.07, 6.45) is 8.90. The molecule has 1 aliphatic heterocycles. The number of nitrogens with zero attached hydrogens (tertiary/aromatic N) is 1. The molecule has 1 saturated heterocycles. The molecule has 8 heteroatoms. The van der Waals surface area contributed by atoms with Gasteiger partial charge in [-0.3, -0.25) is 24.1 Å². The molecule has 3 fully saturated rings. The summed E-state index contributed by atoms with van der Waals surface area (Å²) in [4.78, 5) is 54.1. The summed E-state index contributed by atoms with van der Waals surface area (Å²) < 4.78 is 0. The van der Waals surface area contributed by atoms with E-state index in [2.05, 4.69) is 38.2 Å². The van der Waals surface area contributed by atoms with Crippen molar-refractivity contribution in [2.75, 3.05) is 5.32 Å². The molecule has 1 heterocycles. The van der Waals surface area contributed by atoms with Crippen molar-refractivity contribution in [3.05, 3.63) is 58.7 Å². The Kier molecular flexibility index (Phi) is 7.18. The monoisotopic (exact) mass is 626 g/mol. The molecule has 3 amide bonds. The lowest BCUT2D eigenvalue weighted by molar-refractivity contribution is -0.148. The van der Waals surface area contributed by atoms with Gasteiger partial charge in [0, 0.05) is 24.4 Å². The van der Waals surface area contributed by atoms with Gasteiger partial charge in [-0.05, 0) is 127 Å². The number of carbonyl (C=O) groups is 4. The van der Waals surface area contributed by atoms with E-state index < -0.39 is 16.9 Å². The van der Waals surface area contributed by atoms with Crippen LogP contribution < -0.4 is 5.32 Å². The number of aliphatic carboxylic acids is 1. The third-order valence-corrected chi connectivity index (χ3v) is 13.1. The van der Waals surface area contributed by atoms with Crippen LogP contribution >= 0.6 is 0 Å². The average Bonchev–Trinajstić information content (AvgIpc) is 3.58. The maximum absolute atomic E-state index is 14.9. The van der Waals surface area contributed by atoms with Crippen LogP contribution in [-0.4, -0.2) is 44.3 Å². The third-order valence-electron chi connectivity index (χ3n) is 13.1. The number of carbonyl (C=O) groups excluding carboxylic acids is 3. The second kappa shape index (κ2) is 10.7. The second-order valence-corrected chi connectivity index (χ2v) is 15.5. The number of carboxylic acid groups (broad SMARTS) is 1. The fourth-order valence-corrected chi connectivity index (χ4v) is 10.8. The number of fused-ring (bicyclic) bond motifs is 7. The maximum atomic E-state index is 14.9. The number of anilines is 1. The number of carboxylic acids is 1. The highest BCUT2D eigenvalue weighted by molar-refractivity contribution is 6.17. The van der Waals surface area contributed by atoms with Gasteiger partial charge in [-0.25, -0.2) is 0 Å². The predicted molar refractivity (Wildman–Crippen MR) is 173 cm³/mol. The van der Waals surface area contributed by atoms with Gasteiger partial charge in [-0.1, -0.05) is 39.3 Å². The number of aryl methyl sites for hydroxylation is 2. The standard InChI is InChI=1S/C38H46N2O6/c1-35-17-5-19-37(3,29(35)15-11-23-9-13-25(21-27(23)35)39-31(42)7-4-8-32(43)44)33(45)40-34(46)38(40)20-6-18-36(2)28-22-26(41)14-10-24(28)12-16-30(36)38/h9-10,13-14,21-22,29-30,41H,4-8,11-12,15-20H2,1-3H3,(H,39,42)(H,43,44)/t29-,30?,35-,36-,37+,38-,40?/m1/s1. The average molecular weight is 627 g/mol. The van der Waals surface area contributed by atoms with Crippen LogP contribution in [0.5, 0.6) is 5.75 Å². The molecular formula is C38H46N2O6. The molecule has 5 aliphatic rings. The fourth-order valence-electron chi connectivity index (χ4n) is 10.8. The zero-order chi connectivity index (χ0) is 32.6. The Morgan fingerprint density at radius 2 is 1.48 bits per heavy atom. The van der Waals surface area contributed by atoms with Crippen LogP contribution in [-0.2, 0) is 42.8 Å². The molecule has 1 unspecified atom stereocenters. The highest BCUT2D eigenvalue weighted by atomic mass is 16.4. The fraction of sp³-hybridized carbons (Fsp3) is 0.579. The van der Waals surface area contributed by atoms with Crippen LogP contribution in [0.2, 0.25) is 0 Å². The summed E-state index contributed by atoms with van der Waals surface area (Å²) in [6.45, 7) is 6.61. The first-order valence-corrected chi connectivity index (χ1v) is 17.2. The van der Waals surface area contributed by atoms with Gasteiger partial charge in [0.15, 0.2) is 0 Å². The number of benzene rings is 2. The minimum atomic E-state index is -0.910. The van der Waals surface area contributed by atoms with E-state index in [4.69, 9.17) is 5.11 Å². The van der Waals surface area contributed by atoms with Crippen LogP contribution in [0.4, 0.5) is 5.69 Å². The minimum absolute atomic E-state index is 0.00497. The number of phenols is 1. The Bertz CT molecular complexity index is 1650. The SMILES string of the molecule is C[C@]12CCC[C@]3(C(=O)N3C(=O)[C@@]3(C)CCC[C@]4(C)c5cc(NC(=O)CCCC(=O)O)ccc5CC[C@@H]34)C1CCc1ccc(O)cc12. The van der Waals surface area contributed by atoms with E-state index in [9.17, 15) is 24.3 Å². The largest absolute Gasteiger partial charge is 0.508 e. The number of hydrogen-bond acceptors (Lipinski definition) is 5. The molecule has 0 aromatic heterocycles. The number of aromatic hydroxyl groups is 1. The van der Waals surface area contributed by atoms with Crippen LogP contribution in [0.1, 0.15) is 114 Å². The number of rotatable bonds is 6. The van der Waals surface area contributed by atoms with Gasteiger partial charge >= 0.3 is 5.97 Å². The summed E-state index contributed by atoms with van der Waals surface area (Å²) in [6, 6.07) is 11.7. The third kappa shape index (κ3) is 4.45. The number of amides is 3. The van der Waals surface area contributed by atoms with E-state index in [-0.39, 0.29) is 65.4 Å². The molecule has 0 bridgehead atoms. The lowest BCUT2D eigenvalue weighted by atomic mass is 9.49. The number of phenolic OH excluding ortho intramolecular Hbond substituents is 1. The Morgan fingerprint density at radius 1 is 0.848 bits per heavy atom. The van der Waals surface area contributed by atoms with Crippen molar-refractivity contribution in [2.24, 2.45) is 17.3 Å². The topological polar surface area (TPSA) is 124 Å². The predicted octanol–water partition coefficient (Wildman–Crippen LogP) is 6.41. The smallest absolute Gasteiger partial charge is 0.303 e. The molecule has 6 atom stereocenters. The molecule has 2 aromatic rings. The zero-order valence-electron chi connectivity index (χ0n) is 27.3. The summed E-state index contributed by atoms with van der Waals surface area (Å²) >= 11 is 0. The first kappa shape index (κ1) is 30.9. The molecule has 8 nitrogen and oxygen atoms in total. The van der Waals surface area contributed by atoms with E-state index in [1.54, 1.807) is 11.0 Å². The molecule has 2 saturated carbocycles. The lowest BCUT2D eigenvalue weighted by Gasteiger charge is -2.55. The van der Waals surface area contributed by atoms with Crippen LogP contribution in [0, 0.1) is 17.3 Å². The molecule has 1 spiro atoms. The summed E-state index contributed by atoms with van der Waals surface area (Å²) in [5.74, 6) is -0.783. The summed E-state index contributed by atoms with van der Waals surface area (Å²) in [7, 11) is 0. The summed E-state index contributed by atoms with van der Waals surface area (Å²) in [5, 5.41) is 22.3. The van der Waals surface area contributed by atoms with Crippen molar-refractivity contribution in [1.82, 2.24) is 4.90 Å². The second-order valence-electron chi connectivity index (χ2n) is 15.5. The molecule has 244 valence electrons. The Hall–Kier alpha value is -3.68. The van der Waals surface area contributed by atoms with Crippen molar-refractivity contribution in [2.45, 2.75) is 121 Å². The van der Waals surface area contributed by atoms with Gasteiger partial charge in [0.25, 0.3) is 5.91 Å². The van der Waals surface area contributed by atoms with Gasteiger partial charge in [-0.2, -0.15) is 0 Å². The van der Waals surface area contributed by atoms with E-state index in [1.165, 1.54) is 16.7 Å². The van der Waals surface area contributed by atoms with Gasteiger partial charge in [0.2, 0.25) is 11.8 Å². The van der Waals surface area contributed by atoms with E-state index in [0.717, 1.165) is 63.4 Å². The van der Waals surface area contributed by atoms with Gasteiger partial charge in [0.1, 0.15) is 11.3 Å². The van der Waals surface area contributed by atoms with Crippen LogP contribution in [0.15, 0.2) is 36.4 Å². The molecule has 0 radical (unpaired) electrons. The Balaban J connectivity index is 1.16. The molecule has 3 N–H and O–H groups in total. The summed E-state index contributed by atoms with van der Waals surface area (Å²) in [5.41, 5.74) is 3.51. The number of imide groups is 1. The van der Waals surface area contributed by atoms with E-state index in [0.29, 0.717) is 12.1 Å².